The second-order valence-corrected chi connectivity index (χ2v) is 6.83. The van der Waals surface area contributed by atoms with Gasteiger partial charge in [0, 0.05) is 28.8 Å². The van der Waals surface area contributed by atoms with Gasteiger partial charge in [0.1, 0.15) is 0 Å². The minimum absolute atomic E-state index is 0.0536. The van der Waals surface area contributed by atoms with Crippen LogP contribution in [0.3, 0.4) is 0 Å². The van der Waals surface area contributed by atoms with Crippen LogP contribution < -0.4 is 4.72 Å². The molecule has 0 fully saturated rings. The molecule has 0 aliphatic carbocycles. The molecule has 1 aromatic heterocycles. The van der Waals surface area contributed by atoms with Crippen LogP contribution in [-0.4, -0.2) is 14.9 Å². The molecule has 1 heterocycles. The minimum Gasteiger partial charge on any atom is -0.294 e. The van der Waals surface area contributed by atoms with Crippen molar-refractivity contribution in [3.8, 4) is 11.3 Å². The lowest BCUT2D eigenvalue weighted by Gasteiger charge is -2.13. The van der Waals surface area contributed by atoms with E-state index in [0.29, 0.717) is 5.95 Å². The summed E-state index contributed by atoms with van der Waals surface area (Å²) in [6, 6.07) is 12.6. The molecule has 0 unspecified atom stereocenters. The highest BCUT2D eigenvalue weighted by molar-refractivity contribution is 8.00. The van der Waals surface area contributed by atoms with Crippen LogP contribution in [0, 0.1) is 30.9 Å². The number of non-ortho nitro benzene ring substituents is 1. The SMILES string of the molecule is Cc1cnc(NSc2cccc([N+](=O)[O-])c2)nc1-c1c(C)cccc1C. The number of aryl methyl sites for hydroxylation is 3. The number of hydrogen-bond donors (Lipinski definition) is 1. The molecule has 26 heavy (non-hydrogen) atoms. The van der Waals surface area contributed by atoms with Crippen LogP contribution in [0.4, 0.5) is 11.6 Å². The Bertz CT molecular complexity index is 955. The molecule has 0 radical (unpaired) electrons. The molecule has 0 amide bonds. The number of aromatic nitrogens is 2. The second-order valence-electron chi connectivity index (χ2n) is 5.95. The molecule has 0 bridgehead atoms. The number of benzene rings is 2. The van der Waals surface area contributed by atoms with Gasteiger partial charge in [0.2, 0.25) is 5.95 Å². The number of anilines is 1. The van der Waals surface area contributed by atoms with E-state index in [2.05, 4.69) is 40.7 Å². The first-order valence-electron chi connectivity index (χ1n) is 8.03. The fourth-order valence-electron chi connectivity index (χ4n) is 2.70. The van der Waals surface area contributed by atoms with Gasteiger partial charge < -0.3 is 0 Å². The van der Waals surface area contributed by atoms with Gasteiger partial charge in [0.05, 0.1) is 10.6 Å². The molecule has 3 aromatic rings. The van der Waals surface area contributed by atoms with Crippen LogP contribution in [0.25, 0.3) is 11.3 Å². The predicted molar refractivity (Wildman–Crippen MR) is 104 cm³/mol. The topological polar surface area (TPSA) is 81.0 Å². The molecule has 1 N–H and O–H groups in total. The Balaban J connectivity index is 1.87. The van der Waals surface area contributed by atoms with E-state index in [1.807, 2.05) is 13.0 Å². The highest BCUT2D eigenvalue weighted by atomic mass is 32.2. The van der Waals surface area contributed by atoms with Gasteiger partial charge in [-0.05, 0) is 55.5 Å². The number of hydrogen-bond acceptors (Lipinski definition) is 6. The zero-order chi connectivity index (χ0) is 18.7. The third kappa shape index (κ3) is 3.83. The monoisotopic (exact) mass is 366 g/mol. The van der Waals surface area contributed by atoms with Gasteiger partial charge >= 0.3 is 0 Å². The fourth-order valence-corrected chi connectivity index (χ4v) is 3.33. The van der Waals surface area contributed by atoms with E-state index in [-0.39, 0.29) is 5.69 Å². The predicted octanol–water partition coefficient (Wildman–Crippen LogP) is 5.10. The van der Waals surface area contributed by atoms with Crippen molar-refractivity contribution in [1.29, 1.82) is 0 Å². The van der Waals surface area contributed by atoms with Crippen molar-refractivity contribution in [2.24, 2.45) is 0 Å². The lowest BCUT2D eigenvalue weighted by atomic mass is 9.98. The molecule has 0 spiro atoms. The Hall–Kier alpha value is -2.93. The summed E-state index contributed by atoms with van der Waals surface area (Å²) in [6.07, 6.45) is 1.78. The summed E-state index contributed by atoms with van der Waals surface area (Å²) in [5.41, 5.74) is 5.35. The summed E-state index contributed by atoms with van der Waals surface area (Å²) in [6.45, 7) is 6.11. The zero-order valence-corrected chi connectivity index (χ0v) is 15.5. The molecule has 0 aliphatic rings. The summed E-state index contributed by atoms with van der Waals surface area (Å²) < 4.78 is 3.08. The molecular formula is C19H18N4O2S. The maximum absolute atomic E-state index is 10.9. The van der Waals surface area contributed by atoms with Crippen LogP contribution in [0.2, 0.25) is 0 Å². The minimum atomic E-state index is -0.411. The third-order valence-electron chi connectivity index (χ3n) is 3.98. The number of rotatable bonds is 5. The highest BCUT2D eigenvalue weighted by Crippen LogP contribution is 2.29. The molecule has 132 valence electrons. The van der Waals surface area contributed by atoms with Crippen LogP contribution >= 0.6 is 11.9 Å². The third-order valence-corrected chi connectivity index (χ3v) is 4.75. The first-order valence-corrected chi connectivity index (χ1v) is 8.85. The fraction of sp³-hybridized carbons (Fsp3) is 0.158. The summed E-state index contributed by atoms with van der Waals surface area (Å²) in [7, 11) is 0. The molecule has 3 rings (SSSR count). The van der Waals surface area contributed by atoms with Crippen molar-refractivity contribution >= 4 is 23.6 Å². The van der Waals surface area contributed by atoms with Crippen LogP contribution in [0.1, 0.15) is 16.7 Å². The lowest BCUT2D eigenvalue weighted by Crippen LogP contribution is -2.00. The molecule has 0 saturated carbocycles. The lowest BCUT2D eigenvalue weighted by molar-refractivity contribution is -0.385. The standard InChI is InChI=1S/C19H18N4O2S/c1-12-6-4-7-13(2)17(12)18-14(3)11-20-19(21-18)22-26-16-9-5-8-15(10-16)23(24)25/h4-11H,1-3H3,(H,20,21,22). The van der Waals surface area contributed by atoms with Crippen molar-refractivity contribution < 1.29 is 4.92 Å². The van der Waals surface area contributed by atoms with Gasteiger partial charge in [0.15, 0.2) is 0 Å². The Morgan fingerprint density at radius 1 is 1.04 bits per heavy atom. The number of nitro groups is 1. The quantitative estimate of drug-likeness (QED) is 0.384. The number of nitrogens with zero attached hydrogens (tertiary/aromatic N) is 3. The van der Waals surface area contributed by atoms with Crippen molar-refractivity contribution in [3.63, 3.8) is 0 Å². The van der Waals surface area contributed by atoms with Crippen LogP contribution in [0.5, 0.6) is 0 Å². The van der Waals surface area contributed by atoms with E-state index in [4.69, 9.17) is 0 Å². The summed E-state index contributed by atoms with van der Waals surface area (Å²) in [5, 5.41) is 10.9. The maximum atomic E-state index is 10.9. The van der Waals surface area contributed by atoms with E-state index in [1.165, 1.54) is 24.1 Å². The van der Waals surface area contributed by atoms with Crippen LogP contribution in [0.15, 0.2) is 53.6 Å². The second kappa shape index (κ2) is 7.53. The van der Waals surface area contributed by atoms with Gasteiger partial charge in [-0.15, -0.1) is 0 Å². The normalized spacial score (nSPS) is 10.6. The van der Waals surface area contributed by atoms with Crippen LogP contribution in [-0.2, 0) is 0 Å². The van der Waals surface area contributed by atoms with Gasteiger partial charge in [-0.2, -0.15) is 0 Å². The van der Waals surface area contributed by atoms with Crippen molar-refractivity contribution in [2.45, 2.75) is 25.7 Å². The summed E-state index contributed by atoms with van der Waals surface area (Å²) in [5.74, 6) is 0.463. The molecule has 6 nitrogen and oxygen atoms in total. The van der Waals surface area contributed by atoms with E-state index in [9.17, 15) is 10.1 Å². The van der Waals surface area contributed by atoms with Crippen molar-refractivity contribution in [1.82, 2.24) is 9.97 Å². The van der Waals surface area contributed by atoms with E-state index in [1.54, 1.807) is 18.3 Å². The van der Waals surface area contributed by atoms with Gasteiger partial charge in [-0.25, -0.2) is 9.97 Å². The molecule has 0 aliphatic heterocycles. The molecule has 0 atom stereocenters. The largest absolute Gasteiger partial charge is 0.294 e. The van der Waals surface area contributed by atoms with Crippen molar-refractivity contribution in [2.75, 3.05) is 4.72 Å². The Labute approximate surface area is 156 Å². The highest BCUT2D eigenvalue weighted by Gasteiger charge is 2.12. The Morgan fingerprint density at radius 3 is 2.42 bits per heavy atom. The Morgan fingerprint density at radius 2 is 1.73 bits per heavy atom. The van der Waals surface area contributed by atoms with E-state index >= 15 is 0 Å². The number of nitro benzene ring substituents is 1. The number of nitrogens with one attached hydrogen (secondary N) is 1. The molecule has 0 saturated heterocycles. The van der Waals surface area contributed by atoms with E-state index < -0.39 is 4.92 Å². The van der Waals surface area contributed by atoms with Crippen molar-refractivity contribution in [3.05, 3.63) is 75.5 Å². The molecule has 7 heteroatoms. The van der Waals surface area contributed by atoms with Gasteiger partial charge in [-0.1, -0.05) is 24.3 Å². The molecular weight excluding hydrogens is 348 g/mol. The summed E-state index contributed by atoms with van der Waals surface area (Å²) >= 11 is 1.24. The summed E-state index contributed by atoms with van der Waals surface area (Å²) in [4.78, 5) is 20.2. The van der Waals surface area contributed by atoms with Gasteiger partial charge in [0.25, 0.3) is 5.69 Å². The average molecular weight is 366 g/mol. The molecule has 2 aromatic carbocycles. The first kappa shape index (κ1) is 17.9. The zero-order valence-electron chi connectivity index (χ0n) is 14.7. The van der Waals surface area contributed by atoms with Gasteiger partial charge in [-0.3, -0.25) is 14.8 Å². The Kier molecular flexibility index (Phi) is 5.18. The smallest absolute Gasteiger partial charge is 0.270 e. The maximum Gasteiger partial charge on any atom is 0.270 e. The first-order chi connectivity index (χ1) is 12.5. The average Bonchev–Trinajstić information content (AvgIpc) is 2.62. The van der Waals surface area contributed by atoms with E-state index in [0.717, 1.165) is 32.8 Å².